The number of carbonyl (C=O) groups excluding carboxylic acids is 1. The van der Waals surface area contributed by atoms with E-state index >= 15 is 0 Å². The van der Waals surface area contributed by atoms with Gasteiger partial charge in [0.15, 0.2) is 0 Å². The van der Waals surface area contributed by atoms with Crippen LogP contribution in [-0.2, 0) is 19.2 Å². The van der Waals surface area contributed by atoms with Crippen molar-refractivity contribution in [2.45, 2.75) is 103 Å². The SMILES string of the molecule is CCCCCCCC/C=C\CCCCCCCC(=O)CCS(=O)(=O)ONC. The molecule has 160 valence electrons. The van der Waals surface area contributed by atoms with Gasteiger partial charge in [0.05, 0.1) is 5.75 Å². The van der Waals surface area contributed by atoms with Crippen molar-refractivity contribution in [3.05, 3.63) is 12.2 Å². The summed E-state index contributed by atoms with van der Waals surface area (Å²) < 4.78 is 27.0. The second kappa shape index (κ2) is 18.6. The summed E-state index contributed by atoms with van der Waals surface area (Å²) in [5.74, 6) is -0.256. The summed E-state index contributed by atoms with van der Waals surface area (Å²) in [7, 11) is -2.25. The largest absolute Gasteiger partial charge is 0.300 e. The Morgan fingerprint density at radius 1 is 0.815 bits per heavy atom. The van der Waals surface area contributed by atoms with Crippen LogP contribution in [0.4, 0.5) is 0 Å². The predicted octanol–water partition coefficient (Wildman–Crippen LogP) is 5.46. The zero-order chi connectivity index (χ0) is 20.2. The predicted molar refractivity (Wildman–Crippen MR) is 113 cm³/mol. The van der Waals surface area contributed by atoms with Gasteiger partial charge in [-0.15, -0.1) is 0 Å². The van der Waals surface area contributed by atoms with E-state index in [2.05, 4.69) is 28.8 Å². The standard InChI is InChI=1S/C21H41NO4S/c1-3-4-5-6-7-8-9-10-11-12-13-14-15-16-17-18-21(23)19-20-27(24,25)26-22-2/h10-11,22H,3-9,12-20H2,1-2H3/b11-10-. The molecule has 1 N–H and O–H groups in total. The van der Waals surface area contributed by atoms with E-state index in [9.17, 15) is 13.2 Å². The maximum Gasteiger partial charge on any atom is 0.283 e. The molecule has 0 rings (SSSR count). The average molecular weight is 404 g/mol. The van der Waals surface area contributed by atoms with Crippen LogP contribution in [0.1, 0.15) is 103 Å². The van der Waals surface area contributed by atoms with Crippen LogP contribution in [0.25, 0.3) is 0 Å². The van der Waals surface area contributed by atoms with Crippen molar-refractivity contribution in [1.82, 2.24) is 5.48 Å². The minimum Gasteiger partial charge on any atom is -0.300 e. The fourth-order valence-corrected chi connectivity index (χ4v) is 3.74. The summed E-state index contributed by atoms with van der Waals surface area (Å²) in [6, 6.07) is 0. The summed E-state index contributed by atoms with van der Waals surface area (Å²) in [6.07, 6.45) is 21.0. The van der Waals surface area contributed by atoms with E-state index in [-0.39, 0.29) is 18.0 Å². The Hall–Kier alpha value is -0.720. The van der Waals surface area contributed by atoms with Gasteiger partial charge in [0, 0.05) is 19.9 Å². The highest BCUT2D eigenvalue weighted by Crippen LogP contribution is 2.10. The third kappa shape index (κ3) is 19.8. The van der Waals surface area contributed by atoms with Crippen LogP contribution in [0.2, 0.25) is 0 Å². The van der Waals surface area contributed by atoms with E-state index in [1.54, 1.807) is 0 Å². The number of hydrogen-bond acceptors (Lipinski definition) is 5. The molecule has 0 saturated heterocycles. The van der Waals surface area contributed by atoms with E-state index in [4.69, 9.17) is 0 Å². The molecule has 0 aromatic heterocycles. The topological polar surface area (TPSA) is 72.5 Å². The van der Waals surface area contributed by atoms with Gasteiger partial charge in [-0.2, -0.15) is 18.2 Å². The Kier molecular flexibility index (Phi) is 18.1. The minimum absolute atomic E-state index is 0.00379. The molecule has 0 saturated carbocycles. The highest BCUT2D eigenvalue weighted by molar-refractivity contribution is 7.86. The van der Waals surface area contributed by atoms with Crippen molar-refractivity contribution < 1.29 is 17.5 Å². The first-order chi connectivity index (χ1) is 13.0. The summed E-state index contributed by atoms with van der Waals surface area (Å²) >= 11 is 0. The number of ketones is 1. The lowest BCUT2D eigenvalue weighted by Crippen LogP contribution is -2.20. The first-order valence-electron chi connectivity index (χ1n) is 10.8. The molecule has 0 bridgehead atoms. The number of rotatable bonds is 20. The number of hydroxylamine groups is 1. The second-order valence-electron chi connectivity index (χ2n) is 7.17. The molecule has 6 heteroatoms. The van der Waals surface area contributed by atoms with Crippen LogP contribution in [0.5, 0.6) is 0 Å². The van der Waals surface area contributed by atoms with Crippen LogP contribution in [0.3, 0.4) is 0 Å². The van der Waals surface area contributed by atoms with Crippen LogP contribution in [0, 0.1) is 0 Å². The third-order valence-electron chi connectivity index (χ3n) is 4.56. The number of hydrogen-bond donors (Lipinski definition) is 1. The Bertz CT molecular complexity index is 475. The van der Waals surface area contributed by atoms with Crippen molar-refractivity contribution in [1.29, 1.82) is 0 Å². The first-order valence-corrected chi connectivity index (χ1v) is 12.3. The Labute approximate surface area is 167 Å². The molecule has 0 radical (unpaired) electrons. The highest BCUT2D eigenvalue weighted by Gasteiger charge is 2.13. The van der Waals surface area contributed by atoms with E-state index in [1.807, 2.05) is 0 Å². The molecule has 0 aromatic carbocycles. The van der Waals surface area contributed by atoms with Crippen molar-refractivity contribution in [3.63, 3.8) is 0 Å². The molecule has 0 aromatic rings. The number of allylic oxidation sites excluding steroid dienone is 2. The maximum absolute atomic E-state index is 11.7. The van der Waals surface area contributed by atoms with Gasteiger partial charge in [-0.1, -0.05) is 70.4 Å². The lowest BCUT2D eigenvalue weighted by atomic mass is 10.1. The highest BCUT2D eigenvalue weighted by atomic mass is 32.2. The quantitative estimate of drug-likeness (QED) is 0.166. The monoisotopic (exact) mass is 403 g/mol. The summed E-state index contributed by atoms with van der Waals surface area (Å²) in [6.45, 7) is 2.25. The molecule has 0 unspecified atom stereocenters. The minimum atomic E-state index is -3.62. The number of nitrogens with one attached hydrogen (secondary N) is 1. The maximum atomic E-state index is 11.7. The van der Waals surface area contributed by atoms with Crippen molar-refractivity contribution in [2.24, 2.45) is 0 Å². The lowest BCUT2D eigenvalue weighted by molar-refractivity contribution is -0.118. The van der Waals surface area contributed by atoms with Gasteiger partial charge < -0.3 is 0 Å². The summed E-state index contributed by atoms with van der Waals surface area (Å²) in [4.78, 5) is 11.7. The molecule has 0 aliphatic heterocycles. The molecule has 0 aliphatic rings. The second-order valence-corrected chi connectivity index (χ2v) is 8.86. The first kappa shape index (κ1) is 26.3. The number of Topliss-reactive ketones (excluding diaryl/α,β-unsaturated/α-hetero) is 1. The van der Waals surface area contributed by atoms with Gasteiger partial charge in [0.2, 0.25) is 0 Å². The molecule has 0 atom stereocenters. The molecule has 5 nitrogen and oxygen atoms in total. The van der Waals surface area contributed by atoms with Crippen LogP contribution in [0.15, 0.2) is 12.2 Å². The van der Waals surface area contributed by atoms with Gasteiger partial charge in [0.25, 0.3) is 10.1 Å². The van der Waals surface area contributed by atoms with Crippen molar-refractivity contribution >= 4 is 15.9 Å². The van der Waals surface area contributed by atoms with Crippen molar-refractivity contribution in [3.8, 4) is 0 Å². The third-order valence-corrected chi connectivity index (χ3v) is 5.68. The molecule has 0 fully saturated rings. The van der Waals surface area contributed by atoms with E-state index in [1.165, 1.54) is 64.8 Å². The van der Waals surface area contributed by atoms with Crippen LogP contribution < -0.4 is 5.48 Å². The molecule has 0 aliphatic carbocycles. The molecular weight excluding hydrogens is 362 g/mol. The van der Waals surface area contributed by atoms with Gasteiger partial charge in [0.1, 0.15) is 5.78 Å². The van der Waals surface area contributed by atoms with E-state index in [0.717, 1.165) is 25.7 Å². The van der Waals surface area contributed by atoms with E-state index in [0.29, 0.717) is 6.42 Å². The normalized spacial score (nSPS) is 12.1. The lowest BCUT2D eigenvalue weighted by Gasteiger charge is -2.03. The average Bonchev–Trinajstić information content (AvgIpc) is 2.63. The Balaban J connectivity index is 3.37. The van der Waals surface area contributed by atoms with Gasteiger partial charge >= 0.3 is 0 Å². The zero-order valence-electron chi connectivity index (χ0n) is 17.5. The number of carbonyl (C=O) groups is 1. The molecular formula is C21H41NO4S. The molecule has 0 heterocycles. The van der Waals surface area contributed by atoms with Gasteiger partial charge in [-0.25, -0.2) is 0 Å². The van der Waals surface area contributed by atoms with Crippen LogP contribution in [-0.4, -0.2) is 27.0 Å². The van der Waals surface area contributed by atoms with Crippen LogP contribution >= 0.6 is 0 Å². The van der Waals surface area contributed by atoms with Gasteiger partial charge in [-0.3, -0.25) is 4.79 Å². The molecule has 27 heavy (non-hydrogen) atoms. The van der Waals surface area contributed by atoms with Gasteiger partial charge in [-0.05, 0) is 32.1 Å². The molecule has 0 amide bonds. The Morgan fingerprint density at radius 2 is 1.33 bits per heavy atom. The fraction of sp³-hybridized carbons (Fsp3) is 0.857. The number of unbranched alkanes of at least 4 members (excludes halogenated alkanes) is 11. The van der Waals surface area contributed by atoms with Crippen molar-refractivity contribution in [2.75, 3.05) is 12.8 Å². The smallest absolute Gasteiger partial charge is 0.283 e. The Morgan fingerprint density at radius 3 is 1.89 bits per heavy atom. The van der Waals surface area contributed by atoms with E-state index < -0.39 is 10.1 Å². The summed E-state index contributed by atoms with van der Waals surface area (Å²) in [5, 5.41) is 0. The summed E-state index contributed by atoms with van der Waals surface area (Å²) in [5.41, 5.74) is 2.13. The fourth-order valence-electron chi connectivity index (χ4n) is 2.93. The zero-order valence-corrected chi connectivity index (χ0v) is 18.3. The molecule has 0 spiro atoms.